The summed E-state index contributed by atoms with van der Waals surface area (Å²) in [4.78, 5) is 22.1. The van der Waals surface area contributed by atoms with Gasteiger partial charge in [-0.15, -0.1) is 0 Å². The summed E-state index contributed by atoms with van der Waals surface area (Å²) in [7, 11) is 0. The standard InChI is InChI=1S/C10H15F3O4/c1-3-5(10(16)17-4-2)6(9(14)15)7(11)8(12)13/h5-8H,3-4H2,1-2H3,(H,14,15). The highest BCUT2D eigenvalue weighted by atomic mass is 19.3. The Morgan fingerprint density at radius 3 is 2.06 bits per heavy atom. The molecule has 3 atom stereocenters. The number of esters is 1. The lowest BCUT2D eigenvalue weighted by atomic mass is 9.86. The van der Waals surface area contributed by atoms with Crippen molar-refractivity contribution >= 4 is 11.9 Å². The zero-order valence-electron chi connectivity index (χ0n) is 9.53. The summed E-state index contributed by atoms with van der Waals surface area (Å²) in [5, 5.41) is 8.73. The van der Waals surface area contributed by atoms with Gasteiger partial charge in [0.2, 0.25) is 0 Å². The maximum Gasteiger partial charge on any atom is 0.310 e. The largest absolute Gasteiger partial charge is 0.481 e. The van der Waals surface area contributed by atoms with Gasteiger partial charge < -0.3 is 9.84 Å². The van der Waals surface area contributed by atoms with E-state index in [1.54, 1.807) is 0 Å². The third kappa shape index (κ3) is 4.24. The molecular weight excluding hydrogens is 241 g/mol. The zero-order valence-corrected chi connectivity index (χ0v) is 9.53. The first-order valence-corrected chi connectivity index (χ1v) is 5.18. The molecule has 0 aromatic carbocycles. The van der Waals surface area contributed by atoms with Gasteiger partial charge in [-0.3, -0.25) is 9.59 Å². The molecule has 0 saturated carbocycles. The Morgan fingerprint density at radius 1 is 1.24 bits per heavy atom. The molecular formula is C10H15F3O4. The number of rotatable bonds is 7. The van der Waals surface area contributed by atoms with E-state index in [0.717, 1.165) is 0 Å². The van der Waals surface area contributed by atoms with Crippen LogP contribution in [-0.4, -0.2) is 36.2 Å². The van der Waals surface area contributed by atoms with E-state index < -0.39 is 36.4 Å². The number of carbonyl (C=O) groups excluding carboxylic acids is 1. The van der Waals surface area contributed by atoms with Crippen molar-refractivity contribution in [2.75, 3.05) is 6.61 Å². The van der Waals surface area contributed by atoms with E-state index in [9.17, 15) is 22.8 Å². The molecule has 0 aliphatic carbocycles. The van der Waals surface area contributed by atoms with Crippen molar-refractivity contribution in [1.29, 1.82) is 0 Å². The second kappa shape index (κ2) is 7.13. The number of halogens is 3. The van der Waals surface area contributed by atoms with Crippen LogP contribution in [0.25, 0.3) is 0 Å². The van der Waals surface area contributed by atoms with E-state index in [4.69, 9.17) is 5.11 Å². The van der Waals surface area contributed by atoms with Crippen molar-refractivity contribution in [1.82, 2.24) is 0 Å². The molecule has 100 valence electrons. The van der Waals surface area contributed by atoms with Crippen molar-refractivity contribution in [3.63, 3.8) is 0 Å². The van der Waals surface area contributed by atoms with Crippen molar-refractivity contribution in [2.45, 2.75) is 32.9 Å². The second-order valence-corrected chi connectivity index (χ2v) is 3.41. The predicted molar refractivity (Wildman–Crippen MR) is 52.4 cm³/mol. The van der Waals surface area contributed by atoms with Gasteiger partial charge in [0.05, 0.1) is 12.5 Å². The molecule has 0 rings (SSSR count). The Bertz CT molecular complexity index is 270. The van der Waals surface area contributed by atoms with Crippen LogP contribution in [0.15, 0.2) is 0 Å². The van der Waals surface area contributed by atoms with Crippen LogP contribution in [0.1, 0.15) is 20.3 Å². The SMILES string of the molecule is CCOC(=O)C(CC)C(C(=O)O)C(F)C(F)F. The van der Waals surface area contributed by atoms with Crippen LogP contribution in [0.4, 0.5) is 13.2 Å². The topological polar surface area (TPSA) is 63.6 Å². The molecule has 4 nitrogen and oxygen atoms in total. The van der Waals surface area contributed by atoms with E-state index in [1.807, 2.05) is 0 Å². The number of carboxylic acids is 1. The maximum absolute atomic E-state index is 13.1. The third-order valence-corrected chi connectivity index (χ3v) is 2.33. The van der Waals surface area contributed by atoms with E-state index in [0.29, 0.717) is 0 Å². The van der Waals surface area contributed by atoms with Crippen molar-refractivity contribution in [3.05, 3.63) is 0 Å². The molecule has 7 heteroatoms. The van der Waals surface area contributed by atoms with Crippen LogP contribution in [0, 0.1) is 11.8 Å². The molecule has 3 unspecified atom stereocenters. The third-order valence-electron chi connectivity index (χ3n) is 2.33. The predicted octanol–water partition coefficient (Wildman–Crippen LogP) is 1.88. The fourth-order valence-electron chi connectivity index (χ4n) is 1.50. The Kier molecular flexibility index (Phi) is 6.60. The molecule has 0 heterocycles. The summed E-state index contributed by atoms with van der Waals surface area (Å²) in [6.45, 7) is 2.88. The molecule has 1 N–H and O–H groups in total. The minimum atomic E-state index is -3.44. The van der Waals surface area contributed by atoms with Gasteiger partial charge in [0.15, 0.2) is 6.17 Å². The highest BCUT2D eigenvalue weighted by Gasteiger charge is 2.43. The highest BCUT2D eigenvalue weighted by Crippen LogP contribution is 2.27. The van der Waals surface area contributed by atoms with Crippen LogP contribution < -0.4 is 0 Å². The summed E-state index contributed by atoms with van der Waals surface area (Å²) in [6.07, 6.45) is -6.41. The number of alkyl halides is 3. The number of hydrogen-bond donors (Lipinski definition) is 1. The smallest absolute Gasteiger partial charge is 0.310 e. The Labute approximate surface area is 96.8 Å². The Balaban J connectivity index is 5.00. The van der Waals surface area contributed by atoms with E-state index >= 15 is 0 Å². The molecule has 0 fully saturated rings. The fourth-order valence-corrected chi connectivity index (χ4v) is 1.50. The van der Waals surface area contributed by atoms with Gasteiger partial charge in [0.1, 0.15) is 5.92 Å². The van der Waals surface area contributed by atoms with Crippen molar-refractivity contribution in [2.24, 2.45) is 11.8 Å². The average molecular weight is 256 g/mol. The van der Waals surface area contributed by atoms with Gasteiger partial charge in [-0.2, -0.15) is 0 Å². The molecule has 0 aromatic rings. The Hall–Kier alpha value is -1.27. The summed E-state index contributed by atoms with van der Waals surface area (Å²) < 4.78 is 42.1. The number of hydrogen-bond acceptors (Lipinski definition) is 3. The zero-order chi connectivity index (χ0) is 13.6. The Morgan fingerprint density at radius 2 is 1.76 bits per heavy atom. The van der Waals surface area contributed by atoms with Crippen LogP contribution >= 0.6 is 0 Å². The second-order valence-electron chi connectivity index (χ2n) is 3.41. The lowest BCUT2D eigenvalue weighted by Crippen LogP contribution is -2.40. The fraction of sp³-hybridized carbons (Fsp3) is 0.800. The lowest BCUT2D eigenvalue weighted by Gasteiger charge is -2.23. The molecule has 0 radical (unpaired) electrons. The van der Waals surface area contributed by atoms with Gasteiger partial charge in [-0.1, -0.05) is 6.92 Å². The number of aliphatic carboxylic acids is 1. The number of carboxylic acid groups (broad SMARTS) is 1. The maximum atomic E-state index is 13.1. The molecule has 0 aliphatic rings. The first-order chi connectivity index (χ1) is 7.86. The average Bonchev–Trinajstić information content (AvgIpc) is 2.24. The number of carbonyl (C=O) groups is 2. The van der Waals surface area contributed by atoms with Gasteiger partial charge in [-0.05, 0) is 13.3 Å². The summed E-state index contributed by atoms with van der Waals surface area (Å²) >= 11 is 0. The van der Waals surface area contributed by atoms with Crippen LogP contribution in [0.2, 0.25) is 0 Å². The summed E-state index contributed by atoms with van der Waals surface area (Å²) in [5.41, 5.74) is 0. The molecule has 0 amide bonds. The first-order valence-electron chi connectivity index (χ1n) is 5.18. The van der Waals surface area contributed by atoms with E-state index in [-0.39, 0.29) is 13.0 Å². The van der Waals surface area contributed by atoms with Crippen molar-refractivity contribution < 1.29 is 32.6 Å². The molecule has 0 saturated heterocycles. The monoisotopic (exact) mass is 256 g/mol. The first kappa shape index (κ1) is 15.7. The van der Waals surface area contributed by atoms with Crippen LogP contribution in [0.5, 0.6) is 0 Å². The minimum Gasteiger partial charge on any atom is -0.481 e. The van der Waals surface area contributed by atoms with Gasteiger partial charge in [-0.25, -0.2) is 13.2 Å². The van der Waals surface area contributed by atoms with Crippen molar-refractivity contribution in [3.8, 4) is 0 Å². The van der Waals surface area contributed by atoms with E-state index in [2.05, 4.69) is 4.74 Å². The quantitative estimate of drug-likeness (QED) is 0.706. The molecule has 0 aromatic heterocycles. The summed E-state index contributed by atoms with van der Waals surface area (Å²) in [5.74, 6) is -6.22. The van der Waals surface area contributed by atoms with E-state index in [1.165, 1.54) is 13.8 Å². The van der Waals surface area contributed by atoms with Gasteiger partial charge >= 0.3 is 11.9 Å². The highest BCUT2D eigenvalue weighted by molar-refractivity contribution is 5.81. The molecule has 0 spiro atoms. The minimum absolute atomic E-state index is 0.0205. The van der Waals surface area contributed by atoms with Crippen LogP contribution in [-0.2, 0) is 14.3 Å². The molecule has 0 aliphatic heterocycles. The molecule has 17 heavy (non-hydrogen) atoms. The van der Waals surface area contributed by atoms with Gasteiger partial charge in [0.25, 0.3) is 6.43 Å². The molecule has 0 bridgehead atoms. The lowest BCUT2D eigenvalue weighted by molar-refractivity contribution is -0.163. The number of ether oxygens (including phenoxy) is 1. The summed E-state index contributed by atoms with van der Waals surface area (Å²) in [6, 6.07) is 0. The van der Waals surface area contributed by atoms with Gasteiger partial charge in [0, 0.05) is 0 Å². The normalized spacial score (nSPS) is 16.4. The van der Waals surface area contributed by atoms with Crippen LogP contribution in [0.3, 0.4) is 0 Å².